The molecule has 1 rings (SSSR count). The average Bonchev–Trinajstić information content (AvgIpc) is 2.19. The lowest BCUT2D eigenvalue weighted by Crippen LogP contribution is -1.95. The maximum atomic E-state index is 5.33. The van der Waals surface area contributed by atoms with E-state index < -0.39 is 0 Å². The van der Waals surface area contributed by atoms with Crippen LogP contribution in [0, 0.1) is 11.8 Å². The largest absolute Gasteiger partial charge is 0.330 e. The van der Waals surface area contributed by atoms with Gasteiger partial charge in [-0.05, 0) is 17.7 Å². The summed E-state index contributed by atoms with van der Waals surface area (Å²) in [5.74, 6) is 6.82. The molecular formula is C11H13NS. The molecule has 0 aliphatic carbocycles. The maximum Gasteiger partial charge on any atom is 0.0248 e. The van der Waals surface area contributed by atoms with Crippen molar-refractivity contribution >= 4 is 12.6 Å². The van der Waals surface area contributed by atoms with E-state index in [0.29, 0.717) is 6.54 Å². The van der Waals surface area contributed by atoms with Crippen LogP contribution >= 0.6 is 12.6 Å². The molecular weight excluding hydrogens is 178 g/mol. The molecule has 0 aliphatic heterocycles. The predicted octanol–water partition coefficient (Wildman–Crippen LogP) is 1.82. The van der Waals surface area contributed by atoms with Crippen LogP contribution in [-0.2, 0) is 5.75 Å². The van der Waals surface area contributed by atoms with Gasteiger partial charge in [0, 0.05) is 24.3 Å². The van der Waals surface area contributed by atoms with Gasteiger partial charge in [0.2, 0.25) is 0 Å². The molecule has 0 bridgehead atoms. The Morgan fingerprint density at radius 3 is 2.92 bits per heavy atom. The summed E-state index contributed by atoms with van der Waals surface area (Å²) >= 11 is 4.20. The van der Waals surface area contributed by atoms with Crippen LogP contribution in [0.15, 0.2) is 24.3 Å². The second-order valence-electron chi connectivity index (χ2n) is 2.70. The normalized spacial score (nSPS) is 9.08. The van der Waals surface area contributed by atoms with Crippen molar-refractivity contribution < 1.29 is 0 Å². The van der Waals surface area contributed by atoms with Crippen LogP contribution < -0.4 is 5.73 Å². The van der Waals surface area contributed by atoms with Gasteiger partial charge in [0.15, 0.2) is 0 Å². The molecule has 13 heavy (non-hydrogen) atoms. The molecule has 1 nitrogen and oxygen atoms in total. The number of benzene rings is 1. The van der Waals surface area contributed by atoms with E-state index in [2.05, 4.69) is 30.5 Å². The van der Waals surface area contributed by atoms with Gasteiger partial charge < -0.3 is 5.73 Å². The number of thiol groups is 1. The quantitative estimate of drug-likeness (QED) is 0.541. The van der Waals surface area contributed by atoms with Gasteiger partial charge in [0.05, 0.1) is 0 Å². The summed E-state index contributed by atoms with van der Waals surface area (Å²) in [7, 11) is 0. The van der Waals surface area contributed by atoms with E-state index in [1.54, 1.807) is 0 Å². The Morgan fingerprint density at radius 1 is 1.38 bits per heavy atom. The Morgan fingerprint density at radius 2 is 2.23 bits per heavy atom. The molecule has 0 radical (unpaired) electrons. The van der Waals surface area contributed by atoms with Crippen molar-refractivity contribution in [3.05, 3.63) is 35.4 Å². The molecule has 0 spiro atoms. The molecule has 2 N–H and O–H groups in total. The van der Waals surface area contributed by atoms with E-state index in [0.717, 1.165) is 17.7 Å². The first-order valence-corrected chi connectivity index (χ1v) is 4.89. The zero-order valence-electron chi connectivity index (χ0n) is 7.46. The van der Waals surface area contributed by atoms with Crippen molar-refractivity contribution in [3.63, 3.8) is 0 Å². The van der Waals surface area contributed by atoms with Crippen LogP contribution in [0.4, 0.5) is 0 Å². The molecule has 0 fully saturated rings. The fraction of sp³-hybridized carbons (Fsp3) is 0.273. The van der Waals surface area contributed by atoms with E-state index in [9.17, 15) is 0 Å². The molecule has 0 amide bonds. The van der Waals surface area contributed by atoms with Crippen molar-refractivity contribution in [1.82, 2.24) is 0 Å². The smallest absolute Gasteiger partial charge is 0.0248 e. The standard InChI is InChI=1S/C11H13NS/c12-7-2-1-4-10-5-3-6-11(8-10)9-13/h3,5-6,8,13H,2,7,9,12H2. The number of nitrogens with two attached hydrogens (primary N) is 1. The molecule has 0 unspecified atom stereocenters. The van der Waals surface area contributed by atoms with Crippen LogP contribution in [0.1, 0.15) is 17.5 Å². The second kappa shape index (κ2) is 5.69. The van der Waals surface area contributed by atoms with Crippen molar-refractivity contribution in [1.29, 1.82) is 0 Å². The molecule has 0 saturated heterocycles. The lowest BCUT2D eigenvalue weighted by molar-refractivity contribution is 1.03. The Hall–Kier alpha value is -0.910. The van der Waals surface area contributed by atoms with Gasteiger partial charge in [0.25, 0.3) is 0 Å². The van der Waals surface area contributed by atoms with Crippen LogP contribution in [0.3, 0.4) is 0 Å². The van der Waals surface area contributed by atoms with E-state index in [1.807, 2.05) is 18.2 Å². The SMILES string of the molecule is NCCC#Cc1cccc(CS)c1. The van der Waals surface area contributed by atoms with Gasteiger partial charge in [-0.2, -0.15) is 12.6 Å². The topological polar surface area (TPSA) is 26.0 Å². The third kappa shape index (κ3) is 3.54. The van der Waals surface area contributed by atoms with Gasteiger partial charge in [-0.25, -0.2) is 0 Å². The first-order valence-electron chi connectivity index (χ1n) is 4.25. The minimum atomic E-state index is 0.624. The molecule has 0 aromatic heterocycles. The van der Waals surface area contributed by atoms with E-state index in [1.165, 1.54) is 5.56 Å². The van der Waals surface area contributed by atoms with Crippen LogP contribution in [0.2, 0.25) is 0 Å². The zero-order chi connectivity index (χ0) is 9.52. The first-order chi connectivity index (χ1) is 6.36. The molecule has 0 atom stereocenters. The van der Waals surface area contributed by atoms with Gasteiger partial charge in [-0.15, -0.1) is 0 Å². The summed E-state index contributed by atoms with van der Waals surface area (Å²) in [5, 5.41) is 0. The van der Waals surface area contributed by atoms with Gasteiger partial charge in [-0.1, -0.05) is 24.0 Å². The fourth-order valence-electron chi connectivity index (χ4n) is 0.984. The van der Waals surface area contributed by atoms with E-state index >= 15 is 0 Å². The summed E-state index contributed by atoms with van der Waals surface area (Å²) in [6.45, 7) is 0.624. The molecule has 0 heterocycles. The summed E-state index contributed by atoms with van der Waals surface area (Å²) in [5.41, 5.74) is 7.57. The van der Waals surface area contributed by atoms with Crippen molar-refractivity contribution in [2.75, 3.05) is 6.54 Å². The van der Waals surface area contributed by atoms with Crippen LogP contribution in [-0.4, -0.2) is 6.54 Å². The third-order valence-corrected chi connectivity index (χ3v) is 1.98. The van der Waals surface area contributed by atoms with Crippen LogP contribution in [0.25, 0.3) is 0 Å². The zero-order valence-corrected chi connectivity index (χ0v) is 8.35. The van der Waals surface area contributed by atoms with Crippen LogP contribution in [0.5, 0.6) is 0 Å². The van der Waals surface area contributed by atoms with Crippen molar-refractivity contribution in [2.45, 2.75) is 12.2 Å². The Balaban J connectivity index is 2.73. The summed E-state index contributed by atoms with van der Waals surface area (Å²) in [4.78, 5) is 0. The summed E-state index contributed by atoms with van der Waals surface area (Å²) in [6, 6.07) is 8.09. The van der Waals surface area contributed by atoms with E-state index in [4.69, 9.17) is 5.73 Å². The third-order valence-electron chi connectivity index (χ3n) is 1.61. The highest BCUT2D eigenvalue weighted by Gasteiger charge is 1.89. The second-order valence-corrected chi connectivity index (χ2v) is 3.02. The number of hydrogen-bond acceptors (Lipinski definition) is 2. The lowest BCUT2D eigenvalue weighted by atomic mass is 10.1. The first kappa shape index (κ1) is 10.2. The highest BCUT2D eigenvalue weighted by atomic mass is 32.1. The van der Waals surface area contributed by atoms with E-state index in [-0.39, 0.29) is 0 Å². The monoisotopic (exact) mass is 191 g/mol. The molecule has 1 aromatic carbocycles. The lowest BCUT2D eigenvalue weighted by Gasteiger charge is -1.95. The molecule has 0 saturated carbocycles. The van der Waals surface area contributed by atoms with Crippen molar-refractivity contribution in [3.8, 4) is 11.8 Å². The predicted molar refractivity (Wildman–Crippen MR) is 59.7 cm³/mol. The molecule has 1 aromatic rings. The highest BCUT2D eigenvalue weighted by molar-refractivity contribution is 7.79. The maximum absolute atomic E-state index is 5.33. The van der Waals surface area contributed by atoms with Gasteiger partial charge in [0.1, 0.15) is 0 Å². The van der Waals surface area contributed by atoms with Gasteiger partial charge >= 0.3 is 0 Å². The average molecular weight is 191 g/mol. The number of hydrogen-bond donors (Lipinski definition) is 2. The summed E-state index contributed by atoms with van der Waals surface area (Å²) in [6.07, 6.45) is 0.755. The Kier molecular flexibility index (Phi) is 4.45. The Labute approximate surface area is 84.8 Å². The molecule has 68 valence electrons. The molecule has 0 aliphatic rings. The Bertz CT molecular complexity index is 322. The number of rotatable bonds is 2. The minimum Gasteiger partial charge on any atom is -0.330 e. The highest BCUT2D eigenvalue weighted by Crippen LogP contribution is 2.06. The van der Waals surface area contributed by atoms with Gasteiger partial charge in [-0.3, -0.25) is 0 Å². The van der Waals surface area contributed by atoms with Crippen molar-refractivity contribution in [2.24, 2.45) is 5.73 Å². The summed E-state index contributed by atoms with van der Waals surface area (Å²) < 4.78 is 0. The minimum absolute atomic E-state index is 0.624. The molecule has 2 heteroatoms. The fourth-order valence-corrected chi connectivity index (χ4v) is 1.18.